The molecule has 0 saturated heterocycles. The zero-order valence-electron chi connectivity index (χ0n) is 10.3. The highest BCUT2D eigenvalue weighted by atomic mass is 16.4. The Morgan fingerprint density at radius 3 is 2.53 bits per heavy atom. The average molecular weight is 234 g/mol. The van der Waals surface area contributed by atoms with Gasteiger partial charge in [0.15, 0.2) is 0 Å². The number of aromatic nitrogens is 1. The number of nitrogens with zero attached hydrogens (tertiary/aromatic N) is 2. The van der Waals surface area contributed by atoms with E-state index in [2.05, 4.69) is 4.98 Å². The smallest absolute Gasteiger partial charge is 0.311 e. The highest BCUT2D eigenvalue weighted by Gasteiger charge is 2.52. The SMILES string of the molecule is CN(C)C(c1ccccn1)C1(C(=O)O)CCC1. The van der Waals surface area contributed by atoms with Gasteiger partial charge in [0.05, 0.1) is 17.2 Å². The molecule has 0 bridgehead atoms. The second kappa shape index (κ2) is 4.45. The number of carboxylic acid groups (broad SMARTS) is 1. The van der Waals surface area contributed by atoms with Crippen LogP contribution in [0.4, 0.5) is 0 Å². The molecule has 1 unspecified atom stereocenters. The fourth-order valence-electron chi connectivity index (χ4n) is 2.74. The molecular formula is C13H18N2O2. The molecule has 4 heteroatoms. The third-order valence-electron chi connectivity index (χ3n) is 3.68. The van der Waals surface area contributed by atoms with E-state index in [0.717, 1.165) is 25.0 Å². The monoisotopic (exact) mass is 234 g/mol. The lowest BCUT2D eigenvalue weighted by Gasteiger charge is -2.46. The van der Waals surface area contributed by atoms with Crippen molar-refractivity contribution in [2.75, 3.05) is 14.1 Å². The minimum atomic E-state index is -0.701. The van der Waals surface area contributed by atoms with Gasteiger partial charge in [-0.05, 0) is 39.1 Å². The normalized spacial score (nSPS) is 19.7. The Labute approximate surface area is 101 Å². The van der Waals surface area contributed by atoms with E-state index in [1.807, 2.05) is 37.2 Å². The third kappa shape index (κ3) is 1.93. The van der Waals surface area contributed by atoms with Crippen LogP contribution in [0.5, 0.6) is 0 Å². The lowest BCUT2D eigenvalue weighted by atomic mass is 9.62. The van der Waals surface area contributed by atoms with Crippen LogP contribution < -0.4 is 0 Å². The van der Waals surface area contributed by atoms with E-state index >= 15 is 0 Å². The molecule has 1 saturated carbocycles. The first-order valence-electron chi connectivity index (χ1n) is 5.89. The Morgan fingerprint density at radius 1 is 1.47 bits per heavy atom. The molecule has 1 fully saturated rings. The van der Waals surface area contributed by atoms with Crippen molar-refractivity contribution in [2.24, 2.45) is 5.41 Å². The molecule has 1 heterocycles. The van der Waals surface area contributed by atoms with Crippen molar-refractivity contribution in [3.05, 3.63) is 30.1 Å². The summed E-state index contributed by atoms with van der Waals surface area (Å²) in [6.45, 7) is 0. The summed E-state index contributed by atoms with van der Waals surface area (Å²) in [4.78, 5) is 17.9. The molecule has 1 aliphatic carbocycles. The summed E-state index contributed by atoms with van der Waals surface area (Å²) in [6, 6.07) is 5.53. The van der Waals surface area contributed by atoms with Crippen LogP contribution in [0.25, 0.3) is 0 Å². The molecular weight excluding hydrogens is 216 g/mol. The molecule has 92 valence electrons. The van der Waals surface area contributed by atoms with E-state index in [9.17, 15) is 9.90 Å². The first-order valence-corrected chi connectivity index (χ1v) is 5.89. The lowest BCUT2D eigenvalue weighted by Crippen LogP contribution is -2.48. The van der Waals surface area contributed by atoms with Gasteiger partial charge in [0, 0.05) is 6.20 Å². The predicted molar refractivity (Wildman–Crippen MR) is 64.6 cm³/mol. The van der Waals surface area contributed by atoms with Crippen molar-refractivity contribution in [3.8, 4) is 0 Å². The Hall–Kier alpha value is -1.42. The fraction of sp³-hybridized carbons (Fsp3) is 0.538. The van der Waals surface area contributed by atoms with Gasteiger partial charge in [-0.15, -0.1) is 0 Å². The second-order valence-electron chi connectivity index (χ2n) is 4.94. The maximum atomic E-state index is 11.6. The summed E-state index contributed by atoms with van der Waals surface area (Å²) in [5.74, 6) is -0.701. The number of pyridine rings is 1. The third-order valence-corrected chi connectivity index (χ3v) is 3.68. The summed E-state index contributed by atoms with van der Waals surface area (Å²) in [6.07, 6.45) is 4.19. The minimum absolute atomic E-state index is 0.144. The van der Waals surface area contributed by atoms with Gasteiger partial charge in [-0.2, -0.15) is 0 Å². The predicted octanol–water partition coefficient (Wildman–Crippen LogP) is 1.94. The summed E-state index contributed by atoms with van der Waals surface area (Å²) in [5, 5.41) is 9.51. The molecule has 4 nitrogen and oxygen atoms in total. The van der Waals surface area contributed by atoms with E-state index in [1.165, 1.54) is 0 Å². The molecule has 1 aromatic heterocycles. The Balaban J connectivity index is 2.39. The van der Waals surface area contributed by atoms with Gasteiger partial charge in [-0.25, -0.2) is 0 Å². The summed E-state index contributed by atoms with van der Waals surface area (Å²) >= 11 is 0. The quantitative estimate of drug-likeness (QED) is 0.865. The minimum Gasteiger partial charge on any atom is -0.481 e. The molecule has 2 rings (SSSR count). The molecule has 17 heavy (non-hydrogen) atoms. The van der Waals surface area contributed by atoms with Crippen LogP contribution in [0.3, 0.4) is 0 Å². The maximum absolute atomic E-state index is 11.6. The molecule has 1 N–H and O–H groups in total. The molecule has 1 atom stereocenters. The number of aliphatic carboxylic acids is 1. The van der Waals surface area contributed by atoms with Crippen molar-refractivity contribution in [1.82, 2.24) is 9.88 Å². The largest absolute Gasteiger partial charge is 0.481 e. The second-order valence-corrected chi connectivity index (χ2v) is 4.94. The summed E-state index contributed by atoms with van der Waals surface area (Å²) < 4.78 is 0. The standard InChI is InChI=1S/C13H18N2O2/c1-15(2)11(10-6-3-4-9-14-10)13(12(16)17)7-5-8-13/h3-4,6,9,11H,5,7-8H2,1-2H3,(H,16,17). The summed E-state index contributed by atoms with van der Waals surface area (Å²) in [7, 11) is 3.84. The molecule has 0 amide bonds. The van der Waals surface area contributed by atoms with Crippen LogP contribution in [0.2, 0.25) is 0 Å². The molecule has 1 aliphatic rings. The van der Waals surface area contributed by atoms with Crippen LogP contribution in [-0.2, 0) is 4.79 Å². The Morgan fingerprint density at radius 2 is 2.18 bits per heavy atom. The fourth-order valence-corrected chi connectivity index (χ4v) is 2.74. The van der Waals surface area contributed by atoms with Crippen LogP contribution in [0, 0.1) is 5.41 Å². The van der Waals surface area contributed by atoms with Crippen LogP contribution in [0.15, 0.2) is 24.4 Å². The van der Waals surface area contributed by atoms with E-state index in [-0.39, 0.29) is 6.04 Å². The molecule has 0 radical (unpaired) electrons. The van der Waals surface area contributed by atoms with Gasteiger partial charge >= 0.3 is 5.97 Å². The first-order chi connectivity index (χ1) is 8.08. The zero-order valence-corrected chi connectivity index (χ0v) is 10.3. The molecule has 1 aromatic rings. The van der Waals surface area contributed by atoms with Crippen molar-refractivity contribution in [2.45, 2.75) is 25.3 Å². The van der Waals surface area contributed by atoms with Gasteiger partial charge in [-0.1, -0.05) is 12.5 Å². The van der Waals surface area contributed by atoms with Crippen molar-refractivity contribution < 1.29 is 9.90 Å². The van der Waals surface area contributed by atoms with Gasteiger partial charge in [0.2, 0.25) is 0 Å². The van der Waals surface area contributed by atoms with Crippen molar-refractivity contribution in [1.29, 1.82) is 0 Å². The van der Waals surface area contributed by atoms with E-state index < -0.39 is 11.4 Å². The number of carboxylic acids is 1. The van der Waals surface area contributed by atoms with Crippen LogP contribution in [0.1, 0.15) is 31.0 Å². The highest BCUT2D eigenvalue weighted by molar-refractivity contribution is 5.77. The molecule has 0 aliphatic heterocycles. The highest BCUT2D eigenvalue weighted by Crippen LogP contribution is 2.52. The van der Waals surface area contributed by atoms with Gasteiger partial charge in [0.25, 0.3) is 0 Å². The van der Waals surface area contributed by atoms with Crippen LogP contribution in [-0.4, -0.2) is 35.1 Å². The van der Waals surface area contributed by atoms with Gasteiger partial charge in [0.1, 0.15) is 0 Å². The number of hydrogen-bond acceptors (Lipinski definition) is 3. The summed E-state index contributed by atoms with van der Waals surface area (Å²) in [5.41, 5.74) is 0.192. The lowest BCUT2D eigenvalue weighted by molar-refractivity contribution is -0.161. The van der Waals surface area contributed by atoms with E-state index in [1.54, 1.807) is 6.20 Å². The maximum Gasteiger partial charge on any atom is 0.311 e. The average Bonchev–Trinajstić information content (AvgIpc) is 2.23. The van der Waals surface area contributed by atoms with E-state index in [4.69, 9.17) is 0 Å². The number of hydrogen-bond donors (Lipinski definition) is 1. The van der Waals surface area contributed by atoms with E-state index in [0.29, 0.717) is 0 Å². The Kier molecular flexibility index (Phi) is 3.15. The van der Waals surface area contributed by atoms with Gasteiger partial charge < -0.3 is 5.11 Å². The van der Waals surface area contributed by atoms with Crippen molar-refractivity contribution >= 4 is 5.97 Å². The molecule has 0 spiro atoms. The van der Waals surface area contributed by atoms with Crippen molar-refractivity contribution in [3.63, 3.8) is 0 Å². The van der Waals surface area contributed by atoms with Crippen LogP contribution >= 0.6 is 0 Å². The number of rotatable bonds is 4. The topological polar surface area (TPSA) is 53.4 Å². The molecule has 0 aromatic carbocycles. The van der Waals surface area contributed by atoms with Gasteiger partial charge in [-0.3, -0.25) is 14.7 Å². The zero-order chi connectivity index (χ0) is 12.5. The Bertz CT molecular complexity index is 399. The number of carbonyl (C=O) groups is 1. The first kappa shape index (κ1) is 12.0.